The molecule has 0 radical (unpaired) electrons. The van der Waals surface area contributed by atoms with E-state index in [9.17, 15) is 0 Å². The van der Waals surface area contributed by atoms with E-state index < -0.39 is 0 Å². The number of aromatic nitrogens is 1. The molecule has 0 saturated heterocycles. The maximum atomic E-state index is 5.80. The van der Waals surface area contributed by atoms with E-state index in [0.717, 1.165) is 23.6 Å². The van der Waals surface area contributed by atoms with Crippen LogP contribution in [-0.2, 0) is 6.61 Å². The van der Waals surface area contributed by atoms with Gasteiger partial charge in [-0.15, -0.1) is 0 Å². The second-order valence-corrected chi connectivity index (χ2v) is 6.57. The van der Waals surface area contributed by atoms with Crippen molar-refractivity contribution in [2.24, 2.45) is 0 Å². The molecule has 27 heavy (non-hydrogen) atoms. The molecular weight excluding hydrogens is 332 g/mol. The van der Waals surface area contributed by atoms with Crippen LogP contribution in [0, 0.1) is 0 Å². The normalized spacial score (nSPS) is 13.4. The minimum absolute atomic E-state index is 0.479. The number of allylic oxidation sites excluding steroid dienone is 2. The molecule has 3 aromatic rings. The van der Waals surface area contributed by atoms with Gasteiger partial charge in [0, 0.05) is 31.0 Å². The molecule has 2 aromatic carbocycles. The Balaban J connectivity index is 1.43. The highest BCUT2D eigenvalue weighted by Crippen LogP contribution is 2.31. The fourth-order valence-electron chi connectivity index (χ4n) is 3.15. The molecule has 134 valence electrons. The lowest BCUT2D eigenvalue weighted by molar-refractivity contribution is 0.301. The first-order valence-corrected chi connectivity index (χ1v) is 9.11. The Hall–Kier alpha value is -3.33. The van der Waals surface area contributed by atoms with Gasteiger partial charge >= 0.3 is 0 Å². The predicted molar refractivity (Wildman–Crippen MR) is 112 cm³/mol. The van der Waals surface area contributed by atoms with E-state index in [-0.39, 0.29) is 0 Å². The van der Waals surface area contributed by atoms with Crippen LogP contribution in [0.2, 0.25) is 0 Å². The molecule has 0 N–H and O–H groups in total. The molecule has 0 fully saturated rings. The van der Waals surface area contributed by atoms with Crippen molar-refractivity contribution >= 4 is 17.3 Å². The highest BCUT2D eigenvalue weighted by molar-refractivity contribution is 5.87. The van der Waals surface area contributed by atoms with Crippen LogP contribution in [-0.4, -0.2) is 18.6 Å². The number of likely N-dealkylation sites (N-methyl/N-ethyl adjacent to an activating group) is 1. The van der Waals surface area contributed by atoms with E-state index in [1.165, 1.54) is 16.8 Å². The number of para-hydroxylation sites is 1. The molecule has 1 aliphatic heterocycles. The number of benzene rings is 2. The Morgan fingerprint density at radius 3 is 2.59 bits per heavy atom. The monoisotopic (exact) mass is 354 g/mol. The van der Waals surface area contributed by atoms with E-state index >= 15 is 0 Å². The Kier molecular flexibility index (Phi) is 5.01. The van der Waals surface area contributed by atoms with E-state index in [0.29, 0.717) is 6.61 Å². The summed E-state index contributed by atoms with van der Waals surface area (Å²) in [5, 5.41) is 0. The third-order valence-electron chi connectivity index (χ3n) is 4.66. The van der Waals surface area contributed by atoms with Crippen LogP contribution in [0.4, 0.5) is 5.69 Å². The average Bonchev–Trinajstić information content (AvgIpc) is 2.73. The van der Waals surface area contributed by atoms with Crippen molar-refractivity contribution in [2.75, 3.05) is 18.5 Å². The van der Waals surface area contributed by atoms with Gasteiger partial charge in [0.25, 0.3) is 0 Å². The van der Waals surface area contributed by atoms with Crippen LogP contribution in [0.5, 0.6) is 5.75 Å². The van der Waals surface area contributed by atoms with Crippen LogP contribution in [0.25, 0.3) is 11.6 Å². The quantitative estimate of drug-likeness (QED) is 0.629. The summed E-state index contributed by atoms with van der Waals surface area (Å²) in [6.45, 7) is 1.41. The van der Waals surface area contributed by atoms with Gasteiger partial charge in [-0.05, 0) is 41.5 Å². The molecule has 1 aliphatic rings. The third kappa shape index (κ3) is 4.09. The molecule has 0 unspecified atom stereocenters. The maximum absolute atomic E-state index is 5.80. The van der Waals surface area contributed by atoms with Gasteiger partial charge in [0.2, 0.25) is 0 Å². The molecule has 3 nitrogen and oxygen atoms in total. The van der Waals surface area contributed by atoms with E-state index in [4.69, 9.17) is 4.74 Å². The molecule has 2 heterocycles. The maximum Gasteiger partial charge on any atom is 0.130 e. The van der Waals surface area contributed by atoms with Gasteiger partial charge in [-0.2, -0.15) is 0 Å². The summed E-state index contributed by atoms with van der Waals surface area (Å²) in [6, 6.07) is 22.5. The molecule has 4 rings (SSSR count). The van der Waals surface area contributed by atoms with Gasteiger partial charge in [0.15, 0.2) is 0 Å². The molecule has 1 aromatic heterocycles. The van der Waals surface area contributed by atoms with Crippen LogP contribution in [0.15, 0.2) is 85.1 Å². The van der Waals surface area contributed by atoms with Crippen LogP contribution >= 0.6 is 0 Å². The Labute approximate surface area is 160 Å². The van der Waals surface area contributed by atoms with Crippen molar-refractivity contribution in [1.29, 1.82) is 0 Å². The van der Waals surface area contributed by atoms with E-state index in [2.05, 4.69) is 71.6 Å². The van der Waals surface area contributed by atoms with E-state index in [1.54, 1.807) is 6.20 Å². The molecule has 0 saturated carbocycles. The SMILES string of the molecule is CN1CC=C(C=Cc2ccc(OCc3ccccn3)cc2)c2ccccc21. The van der Waals surface area contributed by atoms with Gasteiger partial charge in [0.1, 0.15) is 12.4 Å². The van der Waals surface area contributed by atoms with Crippen molar-refractivity contribution < 1.29 is 4.74 Å². The highest BCUT2D eigenvalue weighted by Gasteiger charge is 2.13. The predicted octanol–water partition coefficient (Wildman–Crippen LogP) is 5.21. The number of anilines is 1. The number of rotatable bonds is 5. The lowest BCUT2D eigenvalue weighted by Gasteiger charge is -2.26. The summed E-state index contributed by atoms with van der Waals surface area (Å²) in [5.41, 5.74) is 5.89. The van der Waals surface area contributed by atoms with Gasteiger partial charge in [-0.25, -0.2) is 0 Å². The Morgan fingerprint density at radius 1 is 0.963 bits per heavy atom. The second-order valence-electron chi connectivity index (χ2n) is 6.57. The molecule has 0 amide bonds. The van der Waals surface area contributed by atoms with Gasteiger partial charge < -0.3 is 9.64 Å². The van der Waals surface area contributed by atoms with Gasteiger partial charge in [-0.3, -0.25) is 4.98 Å². The topological polar surface area (TPSA) is 25.4 Å². The number of ether oxygens (including phenoxy) is 1. The summed E-state index contributed by atoms with van der Waals surface area (Å²) in [6.07, 6.45) is 8.39. The molecule has 0 aliphatic carbocycles. The Morgan fingerprint density at radius 2 is 1.78 bits per heavy atom. The number of hydrogen-bond donors (Lipinski definition) is 0. The minimum atomic E-state index is 0.479. The molecule has 3 heteroatoms. The lowest BCUT2D eigenvalue weighted by Crippen LogP contribution is -2.21. The standard InChI is InChI=1S/C24H22N2O/c1-26-17-15-20(23-7-2-3-8-24(23)26)12-9-19-10-13-22(14-11-19)27-18-21-6-4-5-16-25-21/h2-16H,17-18H2,1H3. The van der Waals surface area contributed by atoms with Crippen LogP contribution in [0.1, 0.15) is 16.8 Å². The number of pyridine rings is 1. The zero-order chi connectivity index (χ0) is 18.5. The smallest absolute Gasteiger partial charge is 0.130 e. The average molecular weight is 354 g/mol. The summed E-state index contributed by atoms with van der Waals surface area (Å²) in [5.74, 6) is 0.849. The minimum Gasteiger partial charge on any atom is -0.487 e. The fraction of sp³-hybridized carbons (Fsp3) is 0.125. The lowest BCUT2D eigenvalue weighted by atomic mass is 9.98. The number of fused-ring (bicyclic) bond motifs is 1. The zero-order valence-electron chi connectivity index (χ0n) is 15.4. The van der Waals surface area contributed by atoms with E-state index in [1.807, 2.05) is 30.3 Å². The Bertz CT molecular complexity index is 959. The number of nitrogens with zero attached hydrogens (tertiary/aromatic N) is 2. The number of hydrogen-bond acceptors (Lipinski definition) is 3. The molecule has 0 bridgehead atoms. The van der Waals surface area contributed by atoms with Crippen molar-refractivity contribution in [2.45, 2.75) is 6.61 Å². The van der Waals surface area contributed by atoms with Gasteiger partial charge in [-0.1, -0.05) is 54.6 Å². The third-order valence-corrected chi connectivity index (χ3v) is 4.66. The van der Waals surface area contributed by atoms with Crippen molar-refractivity contribution in [3.63, 3.8) is 0 Å². The van der Waals surface area contributed by atoms with Crippen molar-refractivity contribution in [3.05, 3.63) is 102 Å². The fourth-order valence-corrected chi connectivity index (χ4v) is 3.15. The molecule has 0 spiro atoms. The first kappa shape index (κ1) is 17.1. The zero-order valence-corrected chi connectivity index (χ0v) is 15.4. The van der Waals surface area contributed by atoms with Crippen LogP contribution < -0.4 is 9.64 Å². The molecule has 0 atom stereocenters. The largest absolute Gasteiger partial charge is 0.487 e. The first-order valence-electron chi connectivity index (χ1n) is 9.11. The summed E-state index contributed by atoms with van der Waals surface area (Å²) in [4.78, 5) is 6.53. The summed E-state index contributed by atoms with van der Waals surface area (Å²) < 4.78 is 5.80. The van der Waals surface area contributed by atoms with Crippen molar-refractivity contribution in [1.82, 2.24) is 4.98 Å². The van der Waals surface area contributed by atoms with Crippen molar-refractivity contribution in [3.8, 4) is 5.75 Å². The molecular formula is C24H22N2O. The first-order chi connectivity index (χ1) is 13.3. The summed E-state index contributed by atoms with van der Waals surface area (Å²) >= 11 is 0. The van der Waals surface area contributed by atoms with Gasteiger partial charge in [0.05, 0.1) is 5.69 Å². The summed E-state index contributed by atoms with van der Waals surface area (Å²) in [7, 11) is 2.12. The highest BCUT2D eigenvalue weighted by atomic mass is 16.5. The van der Waals surface area contributed by atoms with Crippen LogP contribution in [0.3, 0.4) is 0 Å². The second kappa shape index (κ2) is 7.92.